The maximum Gasteiger partial charge on any atom is 0.258 e. The molecule has 0 N–H and O–H groups in total. The summed E-state index contributed by atoms with van der Waals surface area (Å²) in [5.41, 5.74) is 2.90. The predicted octanol–water partition coefficient (Wildman–Crippen LogP) is 6.83. The van der Waals surface area contributed by atoms with Gasteiger partial charge in [-0.3, -0.25) is 9.78 Å². The lowest BCUT2D eigenvalue weighted by atomic mass is 9.41. The Balaban J connectivity index is 1.09. The molecule has 7 heteroatoms. The van der Waals surface area contributed by atoms with E-state index in [9.17, 15) is 9.18 Å². The van der Waals surface area contributed by atoms with E-state index in [1.54, 1.807) is 0 Å². The Bertz CT molecular complexity index is 1430. The minimum absolute atomic E-state index is 0.0933. The highest BCUT2D eigenvalue weighted by atomic mass is 19.1. The molecule has 0 radical (unpaired) electrons. The van der Waals surface area contributed by atoms with Crippen LogP contribution in [0.15, 0.2) is 47.1 Å². The number of carbonyl (C=O) groups is 1. The second-order valence-corrected chi connectivity index (χ2v) is 13.6. The fourth-order valence-corrected chi connectivity index (χ4v) is 8.27. The van der Waals surface area contributed by atoms with Gasteiger partial charge >= 0.3 is 0 Å². The van der Waals surface area contributed by atoms with Gasteiger partial charge in [0.2, 0.25) is 5.91 Å². The maximum absolute atomic E-state index is 14.5. The summed E-state index contributed by atoms with van der Waals surface area (Å²) in [5.74, 6) is 1.80. The summed E-state index contributed by atoms with van der Waals surface area (Å²) in [6, 6.07) is 12.4. The first-order valence-corrected chi connectivity index (χ1v) is 14.7. The third-order valence-corrected chi connectivity index (χ3v) is 10.9. The molecule has 0 aliphatic heterocycles. The Morgan fingerprint density at radius 3 is 2.46 bits per heavy atom. The van der Waals surface area contributed by atoms with E-state index in [1.165, 1.54) is 5.56 Å². The number of aromatic nitrogens is 3. The largest absolute Gasteiger partial charge is 0.334 e. The quantitative estimate of drug-likeness (QED) is 0.337. The molecule has 7 fully saturated rings. The molecular weight excluding hydrogens is 491 g/mol. The molecule has 7 aliphatic rings. The lowest BCUT2D eigenvalue weighted by molar-refractivity contribution is -0.211. The lowest BCUT2D eigenvalue weighted by Crippen LogP contribution is -2.71. The maximum atomic E-state index is 14.5. The van der Waals surface area contributed by atoms with Crippen molar-refractivity contribution in [3.8, 4) is 11.5 Å². The van der Waals surface area contributed by atoms with Crippen molar-refractivity contribution in [3.05, 3.63) is 59.7 Å². The van der Waals surface area contributed by atoms with Crippen LogP contribution in [0.25, 0.3) is 11.5 Å². The molecule has 0 spiro atoms. The van der Waals surface area contributed by atoms with Gasteiger partial charge in [-0.05, 0) is 124 Å². The molecule has 1 aromatic carbocycles. The van der Waals surface area contributed by atoms with Crippen molar-refractivity contribution in [1.82, 2.24) is 15.1 Å². The summed E-state index contributed by atoms with van der Waals surface area (Å²) in [5, 5.41) is 4.19. The van der Waals surface area contributed by atoms with Gasteiger partial charge in [0.05, 0.1) is 5.41 Å². The molecule has 7 aliphatic carbocycles. The van der Waals surface area contributed by atoms with E-state index in [0.29, 0.717) is 37.6 Å². The topological polar surface area (TPSA) is 72.1 Å². The number of fused-ring (bicyclic) bond motifs is 3. The van der Waals surface area contributed by atoms with E-state index in [0.717, 1.165) is 74.1 Å². The van der Waals surface area contributed by atoms with Gasteiger partial charge in [-0.25, -0.2) is 4.39 Å². The zero-order chi connectivity index (χ0) is 26.5. The second kappa shape index (κ2) is 7.98. The minimum Gasteiger partial charge on any atom is -0.334 e. The van der Waals surface area contributed by atoms with Crippen molar-refractivity contribution in [3.63, 3.8) is 0 Å². The molecule has 39 heavy (non-hydrogen) atoms. The molecule has 3 aromatic rings. The highest BCUT2D eigenvalue weighted by Crippen LogP contribution is 2.70. The SMILES string of the molecule is Cc1cc(C23CCC(CN(C(=O)C45CC(F)(C4)C5)c4cccc(-c5nc(C6CC6)no5)c4)(CC2)CC3)ccn1. The number of nitrogens with zero attached hydrogens (tertiary/aromatic N) is 4. The van der Waals surface area contributed by atoms with E-state index in [4.69, 9.17) is 4.52 Å². The lowest BCUT2D eigenvalue weighted by Gasteiger charge is -2.65. The zero-order valence-corrected chi connectivity index (χ0v) is 22.6. The van der Waals surface area contributed by atoms with Crippen LogP contribution in [0.4, 0.5) is 10.1 Å². The van der Waals surface area contributed by atoms with E-state index < -0.39 is 11.1 Å². The van der Waals surface area contributed by atoms with Gasteiger partial charge in [0.25, 0.3) is 5.89 Å². The zero-order valence-electron chi connectivity index (χ0n) is 22.6. The standard InChI is InChI=1S/C32H35FN4O2/c1-21-15-24(7-14-34-21)30-11-8-29(9-12-30,10-13-30)20-37(28(38)31-17-32(33,18-31)19-31)25-4-2-3-23(16-25)27-35-26(36-39-27)22-5-6-22/h2-4,7,14-16,22H,5-6,8-13,17-20H2,1H3. The molecule has 0 atom stereocenters. The van der Waals surface area contributed by atoms with Crippen LogP contribution < -0.4 is 4.90 Å². The van der Waals surface area contributed by atoms with Gasteiger partial charge in [0.1, 0.15) is 5.67 Å². The van der Waals surface area contributed by atoms with Crippen LogP contribution in [0.3, 0.4) is 0 Å². The predicted molar refractivity (Wildman–Crippen MR) is 145 cm³/mol. The van der Waals surface area contributed by atoms with Crippen LogP contribution in [0, 0.1) is 17.8 Å². The number of amides is 1. The highest BCUT2D eigenvalue weighted by Gasteiger charge is 2.73. The number of hydrogen-bond donors (Lipinski definition) is 0. The first kappa shape index (κ1) is 23.8. The van der Waals surface area contributed by atoms with E-state index in [2.05, 4.69) is 34.2 Å². The number of hydrogen-bond acceptors (Lipinski definition) is 5. The summed E-state index contributed by atoms with van der Waals surface area (Å²) >= 11 is 0. The summed E-state index contributed by atoms with van der Waals surface area (Å²) in [4.78, 5) is 25.2. The molecule has 10 rings (SSSR count). The van der Waals surface area contributed by atoms with Crippen molar-refractivity contribution in [1.29, 1.82) is 0 Å². The highest BCUT2D eigenvalue weighted by molar-refractivity contribution is 6.00. The number of pyridine rings is 1. The monoisotopic (exact) mass is 526 g/mol. The van der Waals surface area contributed by atoms with Crippen LogP contribution >= 0.6 is 0 Å². The average Bonchev–Trinajstić information content (AvgIpc) is 3.66. The molecule has 2 heterocycles. The fraction of sp³-hybridized carbons (Fsp3) is 0.562. The van der Waals surface area contributed by atoms with Gasteiger partial charge < -0.3 is 9.42 Å². The van der Waals surface area contributed by atoms with Crippen molar-refractivity contribution < 1.29 is 13.7 Å². The van der Waals surface area contributed by atoms with Crippen molar-refractivity contribution in [2.75, 3.05) is 11.4 Å². The van der Waals surface area contributed by atoms with E-state index in [1.807, 2.05) is 35.4 Å². The molecule has 202 valence electrons. The molecule has 6 nitrogen and oxygen atoms in total. The van der Waals surface area contributed by atoms with E-state index in [-0.39, 0.29) is 16.7 Å². The van der Waals surface area contributed by atoms with Crippen LogP contribution in [0.2, 0.25) is 0 Å². The Labute approximate surface area is 228 Å². The Morgan fingerprint density at radius 1 is 1.05 bits per heavy atom. The van der Waals surface area contributed by atoms with Crippen molar-refractivity contribution in [2.45, 2.75) is 94.6 Å². The third kappa shape index (κ3) is 3.71. The summed E-state index contributed by atoms with van der Waals surface area (Å²) in [6.45, 7) is 2.76. The molecule has 2 aromatic heterocycles. The fourth-order valence-electron chi connectivity index (χ4n) is 8.27. The van der Waals surface area contributed by atoms with E-state index >= 15 is 0 Å². The summed E-state index contributed by atoms with van der Waals surface area (Å²) in [6.07, 6.45) is 12.0. The van der Waals surface area contributed by atoms with Crippen LogP contribution in [0.1, 0.15) is 93.6 Å². The van der Waals surface area contributed by atoms with Crippen molar-refractivity contribution >= 4 is 11.6 Å². The molecular formula is C32H35FN4O2. The van der Waals surface area contributed by atoms with Crippen LogP contribution in [0.5, 0.6) is 0 Å². The number of halogens is 1. The average molecular weight is 527 g/mol. The number of aryl methyl sites for hydroxylation is 1. The summed E-state index contributed by atoms with van der Waals surface area (Å²) < 4.78 is 20.1. The number of benzene rings is 1. The first-order chi connectivity index (χ1) is 18.8. The second-order valence-electron chi connectivity index (χ2n) is 13.6. The van der Waals surface area contributed by atoms with Gasteiger partial charge in [-0.15, -0.1) is 0 Å². The molecule has 0 unspecified atom stereocenters. The Hall–Kier alpha value is -3.09. The first-order valence-electron chi connectivity index (χ1n) is 14.7. The van der Waals surface area contributed by atoms with Gasteiger partial charge in [0.15, 0.2) is 5.82 Å². The van der Waals surface area contributed by atoms with Gasteiger partial charge in [0, 0.05) is 35.6 Å². The molecule has 4 bridgehead atoms. The third-order valence-electron chi connectivity index (χ3n) is 10.9. The van der Waals surface area contributed by atoms with Gasteiger partial charge in [-0.2, -0.15) is 4.98 Å². The number of anilines is 1. The normalized spacial score (nSPS) is 34.3. The Morgan fingerprint density at radius 2 is 1.79 bits per heavy atom. The number of rotatable bonds is 7. The summed E-state index contributed by atoms with van der Waals surface area (Å²) in [7, 11) is 0. The Kier molecular flexibility index (Phi) is 4.87. The molecule has 7 saturated carbocycles. The molecule has 0 saturated heterocycles. The van der Waals surface area contributed by atoms with Gasteiger partial charge in [-0.1, -0.05) is 11.2 Å². The minimum atomic E-state index is -1.11. The van der Waals surface area contributed by atoms with Crippen LogP contribution in [-0.4, -0.2) is 33.2 Å². The smallest absolute Gasteiger partial charge is 0.258 e. The van der Waals surface area contributed by atoms with Crippen LogP contribution in [-0.2, 0) is 10.2 Å². The van der Waals surface area contributed by atoms with Crippen molar-refractivity contribution in [2.24, 2.45) is 10.8 Å². The number of alkyl halides is 1. The molecule has 1 amide bonds. The number of carbonyl (C=O) groups excluding carboxylic acids is 1.